The van der Waals surface area contributed by atoms with Gasteiger partial charge in [0.15, 0.2) is 0 Å². The van der Waals surface area contributed by atoms with E-state index in [4.69, 9.17) is 15.9 Å². The molecule has 0 unspecified atom stereocenters. The summed E-state index contributed by atoms with van der Waals surface area (Å²) in [5, 5.41) is 17.8. The standard InChI is InChI=1S/C8H15NO3/c9-8(12)7-2-5(3-10)1-6(7)4-11/h5-7,10-11H,1-4H2,(H2,9,12)/t5-,6+,7-/m1/s1. The Kier molecular flexibility index (Phi) is 3.05. The van der Waals surface area contributed by atoms with Gasteiger partial charge in [-0.3, -0.25) is 4.79 Å². The fourth-order valence-corrected chi connectivity index (χ4v) is 1.94. The number of amides is 1. The number of aliphatic hydroxyl groups is 2. The fraction of sp³-hybridized carbons (Fsp3) is 0.875. The number of rotatable bonds is 3. The molecule has 0 aromatic heterocycles. The zero-order chi connectivity index (χ0) is 9.14. The van der Waals surface area contributed by atoms with Crippen LogP contribution >= 0.6 is 0 Å². The van der Waals surface area contributed by atoms with E-state index in [-0.39, 0.29) is 36.9 Å². The first-order valence-electron chi connectivity index (χ1n) is 4.20. The first kappa shape index (κ1) is 9.48. The van der Waals surface area contributed by atoms with Gasteiger partial charge in [0.25, 0.3) is 0 Å². The summed E-state index contributed by atoms with van der Waals surface area (Å²) in [6.07, 6.45) is 1.33. The molecule has 4 heteroatoms. The summed E-state index contributed by atoms with van der Waals surface area (Å²) in [6.45, 7) is 0.0738. The van der Waals surface area contributed by atoms with Crippen molar-refractivity contribution in [3.05, 3.63) is 0 Å². The largest absolute Gasteiger partial charge is 0.396 e. The molecule has 0 bridgehead atoms. The number of aliphatic hydroxyl groups excluding tert-OH is 2. The van der Waals surface area contributed by atoms with Gasteiger partial charge in [-0.2, -0.15) is 0 Å². The second-order valence-corrected chi connectivity index (χ2v) is 3.47. The highest BCUT2D eigenvalue weighted by Gasteiger charge is 2.36. The van der Waals surface area contributed by atoms with E-state index in [0.29, 0.717) is 12.8 Å². The lowest BCUT2D eigenvalue weighted by Crippen LogP contribution is -2.27. The second-order valence-electron chi connectivity index (χ2n) is 3.47. The molecule has 0 saturated heterocycles. The highest BCUT2D eigenvalue weighted by atomic mass is 16.3. The van der Waals surface area contributed by atoms with E-state index in [0.717, 1.165) is 0 Å². The Morgan fingerprint density at radius 1 is 1.33 bits per heavy atom. The summed E-state index contributed by atoms with van der Waals surface area (Å²) in [7, 11) is 0. The Morgan fingerprint density at radius 2 is 2.00 bits per heavy atom. The molecule has 0 heterocycles. The number of nitrogens with two attached hydrogens (primary N) is 1. The molecule has 0 radical (unpaired) electrons. The third kappa shape index (κ3) is 1.76. The molecule has 70 valence electrons. The van der Waals surface area contributed by atoms with Gasteiger partial charge in [-0.1, -0.05) is 0 Å². The van der Waals surface area contributed by atoms with Crippen LogP contribution in [0.15, 0.2) is 0 Å². The Bertz CT molecular complexity index is 172. The first-order valence-corrected chi connectivity index (χ1v) is 4.20. The smallest absolute Gasteiger partial charge is 0.220 e. The molecule has 0 aromatic rings. The highest BCUT2D eigenvalue weighted by molar-refractivity contribution is 5.77. The van der Waals surface area contributed by atoms with Crippen molar-refractivity contribution in [1.82, 2.24) is 0 Å². The van der Waals surface area contributed by atoms with Gasteiger partial charge in [0.2, 0.25) is 5.91 Å². The van der Waals surface area contributed by atoms with Crippen molar-refractivity contribution in [2.75, 3.05) is 13.2 Å². The molecular weight excluding hydrogens is 158 g/mol. The molecule has 1 fully saturated rings. The van der Waals surface area contributed by atoms with Crippen molar-refractivity contribution in [3.8, 4) is 0 Å². The number of carbonyl (C=O) groups is 1. The van der Waals surface area contributed by atoms with Gasteiger partial charge in [-0.15, -0.1) is 0 Å². The predicted octanol–water partition coefficient (Wildman–Crippen LogP) is -0.901. The van der Waals surface area contributed by atoms with Crippen molar-refractivity contribution in [3.63, 3.8) is 0 Å². The quantitative estimate of drug-likeness (QED) is 0.517. The van der Waals surface area contributed by atoms with Crippen LogP contribution < -0.4 is 5.73 Å². The summed E-state index contributed by atoms with van der Waals surface area (Å²) >= 11 is 0. The lowest BCUT2D eigenvalue weighted by atomic mass is 9.97. The molecule has 4 nitrogen and oxygen atoms in total. The van der Waals surface area contributed by atoms with Gasteiger partial charge in [0.1, 0.15) is 0 Å². The van der Waals surface area contributed by atoms with Crippen molar-refractivity contribution >= 4 is 5.91 Å². The number of carbonyl (C=O) groups excluding carboxylic acids is 1. The predicted molar refractivity (Wildman–Crippen MR) is 43.1 cm³/mol. The third-order valence-electron chi connectivity index (χ3n) is 2.65. The number of hydrogen-bond donors (Lipinski definition) is 3. The molecule has 3 atom stereocenters. The minimum atomic E-state index is -0.356. The Labute approximate surface area is 71.4 Å². The van der Waals surface area contributed by atoms with Crippen LogP contribution in [0.2, 0.25) is 0 Å². The average Bonchev–Trinajstić information content (AvgIpc) is 2.47. The van der Waals surface area contributed by atoms with E-state index < -0.39 is 0 Å². The summed E-state index contributed by atoms with van der Waals surface area (Å²) in [5.74, 6) is -0.503. The van der Waals surface area contributed by atoms with Crippen molar-refractivity contribution < 1.29 is 15.0 Å². The monoisotopic (exact) mass is 173 g/mol. The zero-order valence-electron chi connectivity index (χ0n) is 6.94. The number of hydrogen-bond acceptors (Lipinski definition) is 3. The van der Waals surface area contributed by atoms with Gasteiger partial charge in [-0.05, 0) is 24.7 Å². The molecule has 0 aromatic carbocycles. The normalized spacial score (nSPS) is 35.3. The van der Waals surface area contributed by atoms with E-state index in [1.807, 2.05) is 0 Å². The van der Waals surface area contributed by atoms with Gasteiger partial charge in [0.05, 0.1) is 0 Å². The Hall–Kier alpha value is -0.610. The molecule has 1 aliphatic carbocycles. The lowest BCUT2D eigenvalue weighted by molar-refractivity contribution is -0.123. The van der Waals surface area contributed by atoms with Crippen LogP contribution in [0.3, 0.4) is 0 Å². The van der Waals surface area contributed by atoms with E-state index in [1.165, 1.54) is 0 Å². The molecule has 1 amide bonds. The Balaban J connectivity index is 2.56. The van der Waals surface area contributed by atoms with Gasteiger partial charge in [0, 0.05) is 19.1 Å². The lowest BCUT2D eigenvalue weighted by Gasteiger charge is -2.11. The van der Waals surface area contributed by atoms with E-state index in [1.54, 1.807) is 0 Å². The summed E-state index contributed by atoms with van der Waals surface area (Å²) < 4.78 is 0. The van der Waals surface area contributed by atoms with Crippen LogP contribution in [0.1, 0.15) is 12.8 Å². The van der Waals surface area contributed by atoms with Gasteiger partial charge >= 0.3 is 0 Å². The maximum atomic E-state index is 10.9. The SMILES string of the molecule is NC(=O)[C@@H]1C[C@H](CO)C[C@H]1CO. The van der Waals surface area contributed by atoms with Crippen LogP contribution in [-0.4, -0.2) is 29.3 Å². The molecule has 0 aliphatic heterocycles. The molecule has 0 spiro atoms. The molecule has 1 aliphatic rings. The summed E-state index contributed by atoms with van der Waals surface area (Å²) in [4.78, 5) is 10.9. The average molecular weight is 173 g/mol. The highest BCUT2D eigenvalue weighted by Crippen LogP contribution is 2.35. The minimum absolute atomic E-state index is 0.00981. The zero-order valence-corrected chi connectivity index (χ0v) is 6.94. The molecule has 1 rings (SSSR count). The second kappa shape index (κ2) is 3.87. The maximum absolute atomic E-state index is 10.9. The van der Waals surface area contributed by atoms with Crippen molar-refractivity contribution in [2.45, 2.75) is 12.8 Å². The van der Waals surface area contributed by atoms with E-state index in [9.17, 15) is 4.79 Å². The van der Waals surface area contributed by atoms with Gasteiger partial charge in [-0.25, -0.2) is 0 Å². The van der Waals surface area contributed by atoms with E-state index in [2.05, 4.69) is 0 Å². The molecule has 4 N–H and O–H groups in total. The molecule has 12 heavy (non-hydrogen) atoms. The van der Waals surface area contributed by atoms with Crippen molar-refractivity contribution in [1.29, 1.82) is 0 Å². The maximum Gasteiger partial charge on any atom is 0.220 e. The third-order valence-corrected chi connectivity index (χ3v) is 2.65. The van der Waals surface area contributed by atoms with Crippen LogP contribution in [0.25, 0.3) is 0 Å². The minimum Gasteiger partial charge on any atom is -0.396 e. The first-order chi connectivity index (χ1) is 5.69. The fourth-order valence-electron chi connectivity index (χ4n) is 1.94. The van der Waals surface area contributed by atoms with E-state index >= 15 is 0 Å². The van der Waals surface area contributed by atoms with Crippen LogP contribution in [0.5, 0.6) is 0 Å². The van der Waals surface area contributed by atoms with Gasteiger partial charge < -0.3 is 15.9 Å². The summed E-state index contributed by atoms with van der Waals surface area (Å²) in [5.41, 5.74) is 5.15. The van der Waals surface area contributed by atoms with Crippen molar-refractivity contribution in [2.24, 2.45) is 23.5 Å². The summed E-state index contributed by atoms with van der Waals surface area (Å²) in [6, 6.07) is 0. The molecular formula is C8H15NO3. The van der Waals surface area contributed by atoms with Crippen LogP contribution in [0, 0.1) is 17.8 Å². The van der Waals surface area contributed by atoms with Crippen LogP contribution in [-0.2, 0) is 4.79 Å². The van der Waals surface area contributed by atoms with Crippen LogP contribution in [0.4, 0.5) is 0 Å². The number of primary amides is 1. The Morgan fingerprint density at radius 3 is 2.33 bits per heavy atom. The topological polar surface area (TPSA) is 83.6 Å². The molecule has 1 saturated carbocycles.